The Hall–Kier alpha value is -1.54. The highest BCUT2D eigenvalue weighted by molar-refractivity contribution is 5.93. The summed E-state index contributed by atoms with van der Waals surface area (Å²) in [6.07, 6.45) is 4.08. The van der Waals surface area contributed by atoms with Crippen molar-refractivity contribution in [2.75, 3.05) is 11.9 Å². The van der Waals surface area contributed by atoms with Crippen LogP contribution in [0.4, 0.5) is 5.69 Å². The molecule has 2 unspecified atom stereocenters. The molecule has 2 aromatic rings. The molecule has 1 saturated heterocycles. The highest BCUT2D eigenvalue weighted by Crippen LogP contribution is 2.34. The van der Waals surface area contributed by atoms with Crippen LogP contribution >= 0.6 is 0 Å². The molecular formula is C18H22N2. The first-order valence-electron chi connectivity index (χ1n) is 7.81. The van der Waals surface area contributed by atoms with E-state index in [1.165, 1.54) is 42.3 Å². The zero-order chi connectivity index (χ0) is 13.5. The van der Waals surface area contributed by atoms with Crippen molar-refractivity contribution in [1.29, 1.82) is 0 Å². The van der Waals surface area contributed by atoms with Crippen LogP contribution in [0.25, 0.3) is 10.8 Å². The van der Waals surface area contributed by atoms with Crippen LogP contribution in [0.15, 0.2) is 42.5 Å². The SMILES string of the molecule is CC1CC(Nc2cccc3ccccc23)CN1C1CC1. The summed E-state index contributed by atoms with van der Waals surface area (Å²) in [5.41, 5.74) is 1.29. The average Bonchev–Trinajstić information content (AvgIpc) is 3.24. The van der Waals surface area contributed by atoms with Crippen LogP contribution in [0, 0.1) is 0 Å². The van der Waals surface area contributed by atoms with Crippen LogP contribution in [0.3, 0.4) is 0 Å². The first kappa shape index (κ1) is 12.2. The molecule has 2 nitrogen and oxygen atoms in total. The molecule has 0 radical (unpaired) electrons. The van der Waals surface area contributed by atoms with E-state index in [2.05, 4.69) is 59.6 Å². The van der Waals surface area contributed by atoms with Gasteiger partial charge in [-0.05, 0) is 37.6 Å². The third kappa shape index (κ3) is 2.18. The van der Waals surface area contributed by atoms with E-state index in [4.69, 9.17) is 0 Å². The molecule has 0 bridgehead atoms. The van der Waals surface area contributed by atoms with Crippen LogP contribution < -0.4 is 5.32 Å². The average molecular weight is 266 g/mol. The van der Waals surface area contributed by atoms with E-state index >= 15 is 0 Å². The van der Waals surface area contributed by atoms with Crippen molar-refractivity contribution in [3.05, 3.63) is 42.5 Å². The number of nitrogens with one attached hydrogen (secondary N) is 1. The first-order valence-corrected chi connectivity index (χ1v) is 7.81. The van der Waals surface area contributed by atoms with E-state index in [1.807, 2.05) is 0 Å². The molecule has 1 N–H and O–H groups in total. The van der Waals surface area contributed by atoms with Crippen molar-refractivity contribution < 1.29 is 0 Å². The Morgan fingerprint density at radius 2 is 1.85 bits per heavy atom. The highest BCUT2D eigenvalue weighted by Gasteiger charge is 2.38. The Balaban J connectivity index is 1.56. The third-order valence-corrected chi connectivity index (χ3v) is 4.79. The molecule has 2 fully saturated rings. The molecular weight excluding hydrogens is 244 g/mol. The van der Waals surface area contributed by atoms with Gasteiger partial charge in [-0.3, -0.25) is 4.90 Å². The Morgan fingerprint density at radius 3 is 2.70 bits per heavy atom. The van der Waals surface area contributed by atoms with E-state index in [-0.39, 0.29) is 0 Å². The van der Waals surface area contributed by atoms with Crippen molar-refractivity contribution in [1.82, 2.24) is 4.90 Å². The quantitative estimate of drug-likeness (QED) is 0.907. The minimum absolute atomic E-state index is 0.594. The van der Waals surface area contributed by atoms with Gasteiger partial charge in [-0.15, -0.1) is 0 Å². The fraction of sp³-hybridized carbons (Fsp3) is 0.444. The van der Waals surface area contributed by atoms with Gasteiger partial charge in [-0.2, -0.15) is 0 Å². The van der Waals surface area contributed by atoms with E-state index in [0.717, 1.165) is 12.1 Å². The topological polar surface area (TPSA) is 15.3 Å². The van der Waals surface area contributed by atoms with E-state index in [0.29, 0.717) is 6.04 Å². The van der Waals surface area contributed by atoms with Gasteiger partial charge in [0, 0.05) is 35.7 Å². The van der Waals surface area contributed by atoms with Gasteiger partial charge in [0.25, 0.3) is 0 Å². The Bertz CT molecular complexity index is 612. The summed E-state index contributed by atoms with van der Waals surface area (Å²) >= 11 is 0. The molecule has 1 saturated carbocycles. The summed E-state index contributed by atoms with van der Waals surface area (Å²) in [5, 5.41) is 6.45. The minimum atomic E-state index is 0.594. The fourth-order valence-corrected chi connectivity index (χ4v) is 3.65. The maximum atomic E-state index is 3.79. The molecule has 2 aromatic carbocycles. The van der Waals surface area contributed by atoms with Crippen molar-refractivity contribution >= 4 is 16.5 Å². The Kier molecular flexibility index (Phi) is 2.92. The van der Waals surface area contributed by atoms with Crippen LogP contribution in [0.5, 0.6) is 0 Å². The third-order valence-electron chi connectivity index (χ3n) is 4.79. The number of hydrogen-bond donors (Lipinski definition) is 1. The molecule has 20 heavy (non-hydrogen) atoms. The molecule has 2 atom stereocenters. The molecule has 2 aliphatic rings. The summed E-state index contributed by atoms with van der Waals surface area (Å²) in [7, 11) is 0. The number of benzene rings is 2. The zero-order valence-electron chi connectivity index (χ0n) is 12.0. The van der Waals surface area contributed by atoms with Crippen molar-refractivity contribution in [3.63, 3.8) is 0 Å². The lowest BCUT2D eigenvalue weighted by molar-refractivity contribution is 0.257. The van der Waals surface area contributed by atoms with Crippen LogP contribution in [0.2, 0.25) is 0 Å². The Morgan fingerprint density at radius 1 is 1.05 bits per heavy atom. The molecule has 1 aliphatic carbocycles. The predicted octanol–water partition coefficient (Wildman–Crippen LogP) is 3.88. The van der Waals surface area contributed by atoms with Gasteiger partial charge >= 0.3 is 0 Å². The second-order valence-corrected chi connectivity index (χ2v) is 6.38. The summed E-state index contributed by atoms with van der Waals surface area (Å²) < 4.78 is 0. The second kappa shape index (κ2) is 4.78. The highest BCUT2D eigenvalue weighted by atomic mass is 15.3. The van der Waals surface area contributed by atoms with Crippen LogP contribution in [-0.4, -0.2) is 29.6 Å². The summed E-state index contributed by atoms with van der Waals surface area (Å²) in [5.74, 6) is 0. The van der Waals surface area contributed by atoms with Gasteiger partial charge in [-0.1, -0.05) is 36.4 Å². The molecule has 2 heteroatoms. The molecule has 0 spiro atoms. The molecule has 104 valence electrons. The number of likely N-dealkylation sites (tertiary alicyclic amines) is 1. The molecule has 4 rings (SSSR count). The maximum Gasteiger partial charge on any atom is 0.0422 e. The number of fused-ring (bicyclic) bond motifs is 1. The van der Waals surface area contributed by atoms with Crippen molar-refractivity contribution in [2.45, 2.75) is 44.3 Å². The van der Waals surface area contributed by atoms with E-state index < -0.39 is 0 Å². The van der Waals surface area contributed by atoms with Gasteiger partial charge in [0.15, 0.2) is 0 Å². The number of rotatable bonds is 3. The largest absolute Gasteiger partial charge is 0.380 e. The van der Waals surface area contributed by atoms with Gasteiger partial charge in [0.1, 0.15) is 0 Å². The van der Waals surface area contributed by atoms with E-state index in [9.17, 15) is 0 Å². The Labute approximate surface area is 120 Å². The lowest BCUT2D eigenvalue weighted by atomic mass is 10.1. The smallest absolute Gasteiger partial charge is 0.0422 e. The predicted molar refractivity (Wildman–Crippen MR) is 85.2 cm³/mol. The van der Waals surface area contributed by atoms with Gasteiger partial charge in [0.2, 0.25) is 0 Å². The first-order chi connectivity index (χ1) is 9.81. The summed E-state index contributed by atoms with van der Waals surface area (Å²) in [4.78, 5) is 2.70. The molecule has 0 amide bonds. The second-order valence-electron chi connectivity index (χ2n) is 6.38. The molecule has 1 aliphatic heterocycles. The van der Waals surface area contributed by atoms with Gasteiger partial charge < -0.3 is 5.32 Å². The van der Waals surface area contributed by atoms with Crippen molar-refractivity contribution in [3.8, 4) is 0 Å². The number of nitrogens with zero attached hydrogens (tertiary/aromatic N) is 1. The fourth-order valence-electron chi connectivity index (χ4n) is 3.65. The zero-order valence-corrected chi connectivity index (χ0v) is 12.0. The lowest BCUT2D eigenvalue weighted by Crippen LogP contribution is -2.31. The summed E-state index contributed by atoms with van der Waals surface area (Å²) in [6.45, 7) is 3.58. The van der Waals surface area contributed by atoms with Gasteiger partial charge in [0.05, 0.1) is 0 Å². The van der Waals surface area contributed by atoms with Crippen molar-refractivity contribution in [2.24, 2.45) is 0 Å². The monoisotopic (exact) mass is 266 g/mol. The maximum absolute atomic E-state index is 3.79. The standard InChI is InChI=1S/C18H22N2/c1-13-11-15(12-20(13)16-9-10-16)19-18-8-4-6-14-5-2-3-7-17(14)18/h2-8,13,15-16,19H,9-12H2,1H3. The minimum Gasteiger partial charge on any atom is -0.380 e. The lowest BCUT2D eigenvalue weighted by Gasteiger charge is -2.20. The normalized spacial score (nSPS) is 27.1. The van der Waals surface area contributed by atoms with Crippen LogP contribution in [-0.2, 0) is 0 Å². The van der Waals surface area contributed by atoms with E-state index in [1.54, 1.807) is 0 Å². The number of anilines is 1. The van der Waals surface area contributed by atoms with Gasteiger partial charge in [-0.25, -0.2) is 0 Å². The summed E-state index contributed by atoms with van der Waals surface area (Å²) in [6, 6.07) is 17.4. The number of hydrogen-bond acceptors (Lipinski definition) is 2. The molecule has 1 heterocycles. The van der Waals surface area contributed by atoms with Crippen LogP contribution in [0.1, 0.15) is 26.2 Å². The molecule has 0 aromatic heterocycles.